The van der Waals surface area contributed by atoms with Crippen molar-refractivity contribution in [2.45, 2.75) is 26.2 Å². The molecule has 0 spiro atoms. The van der Waals surface area contributed by atoms with Gasteiger partial charge in [0, 0.05) is 6.42 Å². The van der Waals surface area contributed by atoms with E-state index in [-0.39, 0.29) is 12.2 Å². The maximum atomic E-state index is 10.5. The summed E-state index contributed by atoms with van der Waals surface area (Å²) < 4.78 is 0. The van der Waals surface area contributed by atoms with E-state index < -0.39 is 5.97 Å². The molecule has 3 nitrogen and oxygen atoms in total. The van der Waals surface area contributed by atoms with Crippen LogP contribution in [0.2, 0.25) is 0 Å². The second kappa shape index (κ2) is 5.28. The summed E-state index contributed by atoms with van der Waals surface area (Å²) >= 11 is 0. The van der Waals surface area contributed by atoms with E-state index in [4.69, 9.17) is 5.11 Å². The average molecular weight is 387 g/mol. The minimum Gasteiger partial charge on any atom is -0.481 e. The van der Waals surface area contributed by atoms with E-state index in [1.54, 1.807) is 0 Å². The van der Waals surface area contributed by atoms with Gasteiger partial charge >= 0.3 is 5.97 Å². The number of ketones is 1. The fourth-order valence-corrected chi connectivity index (χ4v) is 0.536. The van der Waals surface area contributed by atoms with E-state index >= 15 is 0 Å². The van der Waals surface area contributed by atoms with Gasteiger partial charge in [-0.2, -0.15) is 0 Å². The Bertz CT molecular complexity index is 122. The minimum absolute atomic E-state index is 0. The van der Waals surface area contributed by atoms with Gasteiger partial charge in [0.1, 0.15) is 12.2 Å². The number of carboxylic acids is 1. The molecule has 4 heteroatoms. The van der Waals surface area contributed by atoms with Crippen molar-refractivity contribution in [1.29, 1.82) is 0 Å². The number of carbonyl (C=O) groups is 2. The molecule has 10 heavy (non-hydrogen) atoms. The zero-order valence-corrected chi connectivity index (χ0v) is 8.08. The Hall–Kier alpha value is -1.86. The van der Waals surface area contributed by atoms with Crippen molar-refractivity contribution in [1.82, 2.24) is 0 Å². The first-order chi connectivity index (χ1) is 4.16. The van der Waals surface area contributed by atoms with Gasteiger partial charge in [0.2, 0.25) is 0 Å². The van der Waals surface area contributed by atoms with Crippen LogP contribution in [-0.2, 0) is 9.59 Å². The second-order valence-corrected chi connectivity index (χ2v) is 1.86. The summed E-state index contributed by atoms with van der Waals surface area (Å²) in [5.41, 5.74) is 0. The van der Waals surface area contributed by atoms with Gasteiger partial charge < -0.3 is 5.11 Å². The first-order valence-corrected chi connectivity index (χ1v) is 2.90. The number of Topliss-reactive ketones (excluding diaryl/α,β-unsaturated/α-hetero) is 1. The van der Waals surface area contributed by atoms with Gasteiger partial charge in [-0.3, -0.25) is 9.59 Å². The summed E-state index contributed by atoms with van der Waals surface area (Å²) in [5.74, 6) is -1.22. The van der Waals surface area contributed by atoms with Gasteiger partial charge in [-0.05, 0) is 6.42 Å². The zero-order valence-electron chi connectivity index (χ0n) is 5.67. The third-order valence-corrected chi connectivity index (χ3v) is 0.877. The molecule has 0 aromatic carbocycles. The van der Waals surface area contributed by atoms with Gasteiger partial charge in [0.05, 0.1) is 0 Å². The Labute approximate surface area is 53.7 Å². The van der Waals surface area contributed by atoms with Crippen LogP contribution in [0.15, 0.2) is 0 Å². The zero-order chi connectivity index (χ0) is 7.28. The van der Waals surface area contributed by atoms with Gasteiger partial charge in [0.15, 0.2) is 0 Å². The van der Waals surface area contributed by atoms with Crippen LogP contribution in [0.25, 0.3) is 0 Å². The topological polar surface area (TPSA) is 54.4 Å². The summed E-state index contributed by atoms with van der Waals surface area (Å²) in [7, 11) is 0. The van der Waals surface area contributed by atoms with E-state index in [1.807, 2.05) is 6.92 Å². The Morgan fingerprint density at radius 2 is 1.90 bits per heavy atom. The molecule has 0 heterocycles. The molecule has 0 saturated heterocycles. The third-order valence-electron chi connectivity index (χ3n) is 0.877. The van der Waals surface area contributed by atoms with Gasteiger partial charge in [-0.1, -0.05) is 6.92 Å². The minimum atomic E-state index is -1.03. The monoisotopic (exact) mass is 387 g/mol. The maximum Gasteiger partial charge on any atom is 0.310 e. The van der Waals surface area contributed by atoms with Crippen LogP contribution in [0.3, 0.4) is 0 Å². The number of carboxylic acid groups (broad SMARTS) is 1. The standard InChI is InChI=1S/C6H10O3.Fm/c1-2-3-5(7)4-6(8)9;/h2-4H2,1H3,(H,8,9);. The predicted molar refractivity (Wildman–Crippen MR) is 32.2 cm³/mol. The van der Waals surface area contributed by atoms with Crippen molar-refractivity contribution in [2.24, 2.45) is 0 Å². The van der Waals surface area contributed by atoms with Gasteiger partial charge in [0.25, 0.3) is 0 Å². The molecule has 0 aromatic rings. The summed E-state index contributed by atoms with van der Waals surface area (Å²) in [6.45, 7) is 1.85. The number of hydrogen-bond donors (Lipinski definition) is 1. The first kappa shape index (κ1) is 11.0. The molecule has 0 rings (SSSR count). The molecule has 0 aromatic heterocycles. The molecular formula is C6H10FmO3. The molecule has 0 aliphatic carbocycles. The SMILES string of the molecule is CCCC(=O)CC(=O)O.[Fm]. The van der Waals surface area contributed by atoms with E-state index in [0.717, 1.165) is 6.42 Å². The molecule has 1 N–H and O–H groups in total. The first-order valence-electron chi connectivity index (χ1n) is 2.90. The normalized spacial score (nSPS) is 8.10. The molecule has 0 aliphatic heterocycles. The summed E-state index contributed by atoms with van der Waals surface area (Å²) in [4.78, 5) is 20.3. The number of hydrogen-bond acceptors (Lipinski definition) is 2. The Balaban J connectivity index is 0. The fourth-order valence-electron chi connectivity index (χ4n) is 0.536. The maximum absolute atomic E-state index is 10.5. The van der Waals surface area contributed by atoms with Crippen molar-refractivity contribution >= 4 is 11.8 Å². The number of carbonyl (C=O) groups excluding carboxylic acids is 1. The summed E-state index contributed by atoms with van der Waals surface area (Å²) in [6, 6.07) is 0. The smallest absolute Gasteiger partial charge is 0.310 e. The second-order valence-electron chi connectivity index (χ2n) is 1.86. The van der Waals surface area contributed by atoms with E-state index in [0.29, 0.717) is 6.42 Å². The Morgan fingerprint density at radius 3 is 2.20 bits per heavy atom. The molecule has 0 aliphatic rings. The number of rotatable bonds is 4. The molecule has 0 bridgehead atoms. The van der Waals surface area contributed by atoms with E-state index in [2.05, 4.69) is 0 Å². The molecule has 0 fully saturated rings. The summed E-state index contributed by atoms with van der Waals surface area (Å²) in [5, 5.41) is 8.09. The van der Waals surface area contributed by atoms with Crippen LogP contribution in [-0.4, -0.2) is 16.9 Å². The van der Waals surface area contributed by atoms with Crippen LogP contribution in [0.4, 0.5) is 0 Å². The van der Waals surface area contributed by atoms with E-state index in [9.17, 15) is 9.59 Å². The Morgan fingerprint density at radius 1 is 1.40 bits per heavy atom. The largest absolute Gasteiger partial charge is 0.481 e. The van der Waals surface area contributed by atoms with Gasteiger partial charge in [-0.15, -0.1) is 0 Å². The van der Waals surface area contributed by atoms with Crippen LogP contribution in [0.5, 0.6) is 0 Å². The molecule has 0 atom stereocenters. The van der Waals surface area contributed by atoms with Crippen LogP contribution >= 0.6 is 0 Å². The molecule has 0 radical (unpaired) electrons. The van der Waals surface area contributed by atoms with Crippen molar-refractivity contribution < 1.29 is 14.7 Å². The Kier molecular flexibility index (Phi) is 5.81. The quantitative estimate of drug-likeness (QED) is 0.728. The van der Waals surface area contributed by atoms with Gasteiger partial charge in [-0.25, -0.2) is 0 Å². The van der Waals surface area contributed by atoms with E-state index in [1.165, 1.54) is 0 Å². The van der Waals surface area contributed by atoms with Crippen LogP contribution in [0.1, 0.15) is 26.2 Å². The van der Waals surface area contributed by atoms with Crippen LogP contribution < -0.4 is 0 Å². The summed E-state index contributed by atoms with van der Waals surface area (Å²) in [6.07, 6.45) is 0.784. The third kappa shape index (κ3) is 6.14. The van der Waals surface area contributed by atoms with Crippen LogP contribution in [0, 0.1) is 0 Å². The predicted octanol–water partition coefficient (Wildman–Crippen LogP) is 0.830. The van der Waals surface area contributed by atoms with Crippen molar-refractivity contribution in [3.63, 3.8) is 0 Å². The fraction of sp³-hybridized carbons (Fsp3) is 0.667. The van der Waals surface area contributed by atoms with Crippen molar-refractivity contribution in [3.05, 3.63) is 0 Å². The number of aliphatic carboxylic acids is 1. The molecule has 0 amide bonds. The molecular weight excluding hydrogens is 377 g/mol. The van der Waals surface area contributed by atoms with Crippen molar-refractivity contribution in [2.75, 3.05) is 0 Å². The molecule has 64 valence electrons. The molecule has 0 saturated carbocycles. The molecule has 0 unspecified atom stereocenters. The average Bonchev–Trinajstić information content (AvgIpc) is 1.63. The van der Waals surface area contributed by atoms with Crippen molar-refractivity contribution in [3.8, 4) is 0 Å².